The molecule has 86 valence electrons. The molecule has 2 amide bonds. The van der Waals surface area contributed by atoms with E-state index in [0.29, 0.717) is 0 Å². The summed E-state index contributed by atoms with van der Waals surface area (Å²) in [6, 6.07) is 9.23. The van der Waals surface area contributed by atoms with Crippen molar-refractivity contribution in [3.63, 3.8) is 0 Å². The summed E-state index contributed by atoms with van der Waals surface area (Å²) in [5.74, 6) is -0.687. The number of primary amides is 2. The van der Waals surface area contributed by atoms with Gasteiger partial charge < -0.3 is 16.2 Å². The van der Waals surface area contributed by atoms with Crippen molar-refractivity contribution in [2.24, 2.45) is 11.5 Å². The van der Waals surface area contributed by atoms with Crippen molar-refractivity contribution < 1.29 is 14.3 Å². The fourth-order valence-electron chi connectivity index (χ4n) is 1.42. The number of amides is 2. The number of hydrogen-bond donors (Lipinski definition) is 2. The van der Waals surface area contributed by atoms with Crippen LogP contribution >= 0.6 is 0 Å². The zero-order chi connectivity index (χ0) is 12.0. The quantitative estimate of drug-likeness (QED) is 0.769. The van der Waals surface area contributed by atoms with E-state index in [1.165, 1.54) is 0 Å². The Morgan fingerprint density at radius 3 is 2.31 bits per heavy atom. The maximum absolute atomic E-state index is 10.9. The zero-order valence-corrected chi connectivity index (χ0v) is 8.76. The number of nitrogens with two attached hydrogens (primary N) is 2. The van der Waals surface area contributed by atoms with Crippen LogP contribution in [0, 0.1) is 0 Å². The van der Waals surface area contributed by atoms with Gasteiger partial charge in [-0.05, 0) is 5.56 Å². The Morgan fingerprint density at radius 2 is 1.81 bits per heavy atom. The molecule has 5 heteroatoms. The van der Waals surface area contributed by atoms with Crippen LogP contribution in [0.15, 0.2) is 30.3 Å². The largest absolute Gasteiger partial charge is 0.449 e. The van der Waals surface area contributed by atoms with Crippen molar-refractivity contribution in [1.29, 1.82) is 0 Å². The Bertz CT molecular complexity index is 365. The molecule has 0 radical (unpaired) electrons. The average molecular weight is 222 g/mol. The molecule has 0 spiro atoms. The molecular formula is C11H14N2O3. The van der Waals surface area contributed by atoms with Gasteiger partial charge in [-0.25, -0.2) is 4.79 Å². The van der Waals surface area contributed by atoms with Crippen LogP contribution in [0.4, 0.5) is 4.79 Å². The van der Waals surface area contributed by atoms with E-state index < -0.39 is 12.0 Å². The van der Waals surface area contributed by atoms with Gasteiger partial charge in [0.15, 0.2) is 0 Å². The van der Waals surface area contributed by atoms with Gasteiger partial charge in [0, 0.05) is 12.3 Å². The van der Waals surface area contributed by atoms with Crippen LogP contribution < -0.4 is 11.5 Å². The van der Waals surface area contributed by atoms with Gasteiger partial charge >= 0.3 is 6.09 Å². The van der Waals surface area contributed by atoms with Gasteiger partial charge in [0.25, 0.3) is 0 Å². The third-order valence-electron chi connectivity index (χ3n) is 2.15. The van der Waals surface area contributed by atoms with E-state index in [1.54, 1.807) is 0 Å². The summed E-state index contributed by atoms with van der Waals surface area (Å²) >= 11 is 0. The molecule has 4 N–H and O–H groups in total. The Hall–Kier alpha value is -2.04. The molecule has 1 aromatic rings. The highest BCUT2D eigenvalue weighted by Gasteiger charge is 2.15. The second kappa shape index (κ2) is 5.75. The molecule has 0 aliphatic carbocycles. The predicted octanol–water partition coefficient (Wildman–Crippen LogP) is 0.741. The van der Waals surface area contributed by atoms with Crippen molar-refractivity contribution in [3.8, 4) is 0 Å². The highest BCUT2D eigenvalue weighted by Crippen LogP contribution is 2.19. The average Bonchev–Trinajstić information content (AvgIpc) is 2.25. The number of carbonyl (C=O) groups is 2. The van der Waals surface area contributed by atoms with Crippen LogP contribution in [0.5, 0.6) is 0 Å². The molecule has 0 saturated carbocycles. The van der Waals surface area contributed by atoms with Gasteiger partial charge in [-0.1, -0.05) is 30.3 Å². The smallest absolute Gasteiger partial charge is 0.404 e. The Labute approximate surface area is 93.4 Å². The minimum absolute atomic E-state index is 0.0578. The monoisotopic (exact) mass is 222 g/mol. The summed E-state index contributed by atoms with van der Waals surface area (Å²) < 4.78 is 4.69. The van der Waals surface area contributed by atoms with Gasteiger partial charge in [0.05, 0.1) is 0 Å². The second-order valence-corrected chi connectivity index (χ2v) is 3.41. The topological polar surface area (TPSA) is 95.4 Å². The Balaban J connectivity index is 2.71. The summed E-state index contributed by atoms with van der Waals surface area (Å²) in [5, 5.41) is 0. The van der Waals surface area contributed by atoms with E-state index in [9.17, 15) is 9.59 Å². The fourth-order valence-corrected chi connectivity index (χ4v) is 1.42. The molecule has 0 aliphatic heterocycles. The molecule has 0 saturated heterocycles. The summed E-state index contributed by atoms with van der Waals surface area (Å²) in [6.07, 6.45) is -0.734. The predicted molar refractivity (Wildman–Crippen MR) is 58.5 cm³/mol. The van der Waals surface area contributed by atoms with Crippen LogP contribution in [-0.2, 0) is 9.53 Å². The van der Waals surface area contributed by atoms with Crippen LogP contribution in [0.1, 0.15) is 17.9 Å². The van der Waals surface area contributed by atoms with E-state index in [-0.39, 0.29) is 18.9 Å². The SMILES string of the molecule is NC(=O)CC(COC(N)=O)c1ccccc1. The summed E-state index contributed by atoms with van der Waals surface area (Å²) in [5.41, 5.74) is 10.9. The second-order valence-electron chi connectivity index (χ2n) is 3.41. The summed E-state index contributed by atoms with van der Waals surface area (Å²) in [7, 11) is 0. The number of rotatable bonds is 5. The minimum atomic E-state index is -0.856. The number of carbonyl (C=O) groups excluding carboxylic acids is 2. The highest BCUT2D eigenvalue weighted by molar-refractivity contribution is 5.75. The summed E-state index contributed by atoms with van der Waals surface area (Å²) in [4.78, 5) is 21.4. The highest BCUT2D eigenvalue weighted by atomic mass is 16.5. The lowest BCUT2D eigenvalue weighted by Crippen LogP contribution is -2.22. The number of hydrogen-bond acceptors (Lipinski definition) is 3. The zero-order valence-electron chi connectivity index (χ0n) is 8.76. The van der Waals surface area contributed by atoms with Crippen molar-refractivity contribution in [2.75, 3.05) is 6.61 Å². The number of benzene rings is 1. The van der Waals surface area contributed by atoms with E-state index in [0.717, 1.165) is 5.56 Å². The first kappa shape index (κ1) is 12.0. The Morgan fingerprint density at radius 1 is 1.19 bits per heavy atom. The molecule has 5 nitrogen and oxygen atoms in total. The molecule has 1 aromatic carbocycles. The third kappa shape index (κ3) is 4.00. The first-order valence-corrected chi connectivity index (χ1v) is 4.85. The molecule has 0 bridgehead atoms. The van der Waals surface area contributed by atoms with E-state index >= 15 is 0 Å². The first-order chi connectivity index (χ1) is 7.59. The van der Waals surface area contributed by atoms with Crippen LogP contribution in [-0.4, -0.2) is 18.6 Å². The maximum atomic E-state index is 10.9. The van der Waals surface area contributed by atoms with Gasteiger partial charge in [0.1, 0.15) is 6.61 Å². The van der Waals surface area contributed by atoms with Gasteiger partial charge in [-0.3, -0.25) is 4.79 Å². The number of ether oxygens (including phenoxy) is 1. The van der Waals surface area contributed by atoms with Crippen molar-refractivity contribution in [1.82, 2.24) is 0 Å². The van der Waals surface area contributed by atoms with Crippen LogP contribution in [0.25, 0.3) is 0 Å². The summed E-state index contributed by atoms with van der Waals surface area (Å²) in [6.45, 7) is 0.0578. The van der Waals surface area contributed by atoms with E-state index in [2.05, 4.69) is 0 Å². The molecule has 1 unspecified atom stereocenters. The molecule has 0 aliphatic rings. The molecule has 0 aromatic heterocycles. The maximum Gasteiger partial charge on any atom is 0.404 e. The van der Waals surface area contributed by atoms with Gasteiger partial charge in [-0.15, -0.1) is 0 Å². The first-order valence-electron chi connectivity index (χ1n) is 4.85. The van der Waals surface area contributed by atoms with Crippen molar-refractivity contribution in [2.45, 2.75) is 12.3 Å². The third-order valence-corrected chi connectivity index (χ3v) is 2.15. The lowest BCUT2D eigenvalue weighted by atomic mass is 9.96. The van der Waals surface area contributed by atoms with E-state index in [4.69, 9.17) is 16.2 Å². The van der Waals surface area contributed by atoms with Crippen molar-refractivity contribution in [3.05, 3.63) is 35.9 Å². The molecule has 1 rings (SSSR count). The molecular weight excluding hydrogens is 208 g/mol. The van der Waals surface area contributed by atoms with Crippen LogP contribution in [0.2, 0.25) is 0 Å². The molecule has 16 heavy (non-hydrogen) atoms. The molecule has 1 atom stereocenters. The van der Waals surface area contributed by atoms with Gasteiger partial charge in [0.2, 0.25) is 5.91 Å². The fraction of sp³-hybridized carbons (Fsp3) is 0.273. The standard InChI is InChI=1S/C11H14N2O3/c12-10(14)6-9(7-16-11(13)15)8-4-2-1-3-5-8/h1-5,9H,6-7H2,(H2,12,14)(H2,13,15). The Kier molecular flexibility index (Phi) is 4.32. The lowest BCUT2D eigenvalue weighted by Gasteiger charge is -2.14. The van der Waals surface area contributed by atoms with Gasteiger partial charge in [-0.2, -0.15) is 0 Å². The molecule has 0 heterocycles. The van der Waals surface area contributed by atoms with E-state index in [1.807, 2.05) is 30.3 Å². The van der Waals surface area contributed by atoms with Crippen molar-refractivity contribution >= 4 is 12.0 Å². The van der Waals surface area contributed by atoms with Crippen LogP contribution in [0.3, 0.4) is 0 Å². The molecule has 0 fully saturated rings. The lowest BCUT2D eigenvalue weighted by molar-refractivity contribution is -0.118. The minimum Gasteiger partial charge on any atom is -0.449 e. The normalized spacial score (nSPS) is 11.8.